The maximum atomic E-state index is 13.2. The summed E-state index contributed by atoms with van der Waals surface area (Å²) in [6, 6.07) is 10.6. The molecule has 0 spiro atoms. The van der Waals surface area contributed by atoms with Gasteiger partial charge in [0.15, 0.2) is 5.96 Å². The van der Waals surface area contributed by atoms with Crippen LogP contribution in [0, 0.1) is 11.7 Å². The smallest absolute Gasteiger partial charge is 0.213 e. The molecular formula is C20H26FIN4O. The van der Waals surface area contributed by atoms with Crippen LogP contribution in [0.3, 0.4) is 0 Å². The van der Waals surface area contributed by atoms with Gasteiger partial charge in [-0.2, -0.15) is 0 Å². The number of nitrogens with one attached hydrogen (secondary N) is 2. The number of pyridine rings is 1. The summed E-state index contributed by atoms with van der Waals surface area (Å²) < 4.78 is 18.9. The first-order valence-corrected chi connectivity index (χ1v) is 8.99. The molecule has 146 valence electrons. The molecule has 0 amide bonds. The third kappa shape index (κ3) is 7.70. The highest BCUT2D eigenvalue weighted by Crippen LogP contribution is 2.29. The van der Waals surface area contributed by atoms with Crippen LogP contribution < -0.4 is 15.4 Å². The van der Waals surface area contributed by atoms with Gasteiger partial charge in [-0.25, -0.2) is 9.37 Å². The molecule has 1 aliphatic rings. The summed E-state index contributed by atoms with van der Waals surface area (Å²) in [7, 11) is 1.73. The molecule has 1 saturated carbocycles. The zero-order valence-corrected chi connectivity index (χ0v) is 17.8. The van der Waals surface area contributed by atoms with E-state index in [1.54, 1.807) is 25.4 Å². The number of hydrogen-bond donors (Lipinski definition) is 2. The van der Waals surface area contributed by atoms with Crippen molar-refractivity contribution in [3.63, 3.8) is 0 Å². The molecule has 2 N–H and O–H groups in total. The van der Waals surface area contributed by atoms with Crippen molar-refractivity contribution < 1.29 is 9.13 Å². The van der Waals surface area contributed by atoms with Gasteiger partial charge in [0.1, 0.15) is 5.82 Å². The van der Waals surface area contributed by atoms with Crippen LogP contribution in [0.15, 0.2) is 47.6 Å². The minimum atomic E-state index is -0.206. The van der Waals surface area contributed by atoms with Crippen LogP contribution in [0.5, 0.6) is 5.88 Å². The fourth-order valence-electron chi connectivity index (χ4n) is 2.55. The molecule has 0 aliphatic heterocycles. The van der Waals surface area contributed by atoms with E-state index in [-0.39, 0.29) is 29.8 Å². The van der Waals surface area contributed by atoms with Crippen molar-refractivity contribution >= 4 is 29.9 Å². The van der Waals surface area contributed by atoms with E-state index in [1.807, 2.05) is 18.2 Å². The van der Waals surface area contributed by atoms with Gasteiger partial charge in [-0.1, -0.05) is 12.1 Å². The van der Waals surface area contributed by atoms with E-state index >= 15 is 0 Å². The number of aromatic nitrogens is 1. The van der Waals surface area contributed by atoms with Gasteiger partial charge in [-0.3, -0.25) is 4.99 Å². The van der Waals surface area contributed by atoms with E-state index in [2.05, 4.69) is 20.6 Å². The normalized spacial score (nSPS) is 13.6. The summed E-state index contributed by atoms with van der Waals surface area (Å²) in [5.74, 6) is 1.88. The minimum absolute atomic E-state index is 0. The monoisotopic (exact) mass is 484 g/mol. The predicted molar refractivity (Wildman–Crippen MR) is 116 cm³/mol. The molecule has 0 atom stereocenters. The number of benzene rings is 1. The largest absolute Gasteiger partial charge is 0.477 e. The molecule has 2 aromatic rings. The summed E-state index contributed by atoms with van der Waals surface area (Å²) in [6.45, 7) is 2.06. The van der Waals surface area contributed by atoms with Crippen LogP contribution in [0.1, 0.15) is 24.0 Å². The zero-order valence-electron chi connectivity index (χ0n) is 15.5. The van der Waals surface area contributed by atoms with Crippen molar-refractivity contribution in [2.45, 2.75) is 25.8 Å². The van der Waals surface area contributed by atoms with Crippen LogP contribution >= 0.6 is 24.0 Å². The Kier molecular flexibility index (Phi) is 8.77. The molecule has 1 aromatic heterocycles. The lowest BCUT2D eigenvalue weighted by Crippen LogP contribution is -2.37. The average Bonchev–Trinajstić information content (AvgIpc) is 3.48. The van der Waals surface area contributed by atoms with Crippen LogP contribution in [0.2, 0.25) is 0 Å². The molecule has 1 fully saturated rings. The Morgan fingerprint density at radius 3 is 2.81 bits per heavy atom. The standard InChI is InChI=1S/C20H25FN4O.HI/c1-22-20(24-10-7-15-3-2-4-18(21)11-15)25-13-17-8-9-23-19(12-17)26-14-16-5-6-16;/h2-4,8-9,11-12,16H,5-7,10,13-14H2,1H3,(H2,22,24,25);1H. The number of nitrogens with zero attached hydrogens (tertiary/aromatic N) is 2. The number of aliphatic imine (C=N–C) groups is 1. The maximum absolute atomic E-state index is 13.2. The first-order chi connectivity index (χ1) is 12.7. The van der Waals surface area contributed by atoms with Crippen molar-refractivity contribution in [1.82, 2.24) is 15.6 Å². The maximum Gasteiger partial charge on any atom is 0.213 e. The van der Waals surface area contributed by atoms with Crippen LogP contribution in [0.25, 0.3) is 0 Å². The summed E-state index contributed by atoms with van der Waals surface area (Å²) in [4.78, 5) is 8.47. The molecule has 7 heteroatoms. The SMILES string of the molecule is CN=C(NCCc1cccc(F)c1)NCc1ccnc(OCC2CC2)c1.I. The fourth-order valence-corrected chi connectivity index (χ4v) is 2.55. The molecular weight excluding hydrogens is 458 g/mol. The Morgan fingerprint density at radius 1 is 1.22 bits per heavy atom. The Hall–Kier alpha value is -1.90. The summed E-state index contributed by atoms with van der Waals surface area (Å²) in [5.41, 5.74) is 2.04. The number of hydrogen-bond acceptors (Lipinski definition) is 3. The van der Waals surface area contributed by atoms with Gasteiger partial charge < -0.3 is 15.4 Å². The molecule has 5 nitrogen and oxygen atoms in total. The molecule has 27 heavy (non-hydrogen) atoms. The second-order valence-corrected chi connectivity index (χ2v) is 6.49. The van der Waals surface area contributed by atoms with E-state index in [0.29, 0.717) is 30.8 Å². The Morgan fingerprint density at radius 2 is 2.07 bits per heavy atom. The van der Waals surface area contributed by atoms with Crippen molar-refractivity contribution in [2.75, 3.05) is 20.2 Å². The van der Waals surface area contributed by atoms with Crippen LogP contribution in [-0.4, -0.2) is 31.1 Å². The quantitative estimate of drug-likeness (QED) is 0.342. The second-order valence-electron chi connectivity index (χ2n) is 6.49. The van der Waals surface area contributed by atoms with Crippen molar-refractivity contribution in [3.8, 4) is 5.88 Å². The second kappa shape index (κ2) is 11.1. The van der Waals surface area contributed by atoms with E-state index in [0.717, 1.165) is 24.2 Å². The van der Waals surface area contributed by atoms with Crippen LogP contribution in [0.4, 0.5) is 4.39 Å². The first kappa shape index (κ1) is 21.4. The summed E-state index contributed by atoms with van der Waals surface area (Å²) in [6.07, 6.45) is 5.02. The summed E-state index contributed by atoms with van der Waals surface area (Å²) >= 11 is 0. The van der Waals surface area contributed by atoms with E-state index in [1.165, 1.54) is 18.9 Å². The number of ether oxygens (including phenoxy) is 1. The molecule has 0 unspecified atom stereocenters. The summed E-state index contributed by atoms with van der Waals surface area (Å²) in [5, 5.41) is 6.51. The zero-order chi connectivity index (χ0) is 18.2. The van der Waals surface area contributed by atoms with Gasteiger partial charge in [0.05, 0.1) is 6.61 Å². The topological polar surface area (TPSA) is 58.5 Å². The first-order valence-electron chi connectivity index (χ1n) is 8.99. The molecule has 1 aromatic carbocycles. The lowest BCUT2D eigenvalue weighted by atomic mass is 10.1. The van der Waals surface area contributed by atoms with Crippen molar-refractivity contribution in [1.29, 1.82) is 0 Å². The molecule has 0 bridgehead atoms. The van der Waals surface area contributed by atoms with Crippen molar-refractivity contribution in [3.05, 3.63) is 59.5 Å². The molecule has 0 radical (unpaired) electrons. The molecule has 0 saturated heterocycles. The lowest BCUT2D eigenvalue weighted by Gasteiger charge is -2.12. The Labute approximate surface area is 176 Å². The number of halogens is 2. The van der Waals surface area contributed by atoms with Gasteiger partial charge in [-0.05, 0) is 54.5 Å². The van der Waals surface area contributed by atoms with E-state index in [9.17, 15) is 4.39 Å². The van der Waals surface area contributed by atoms with Gasteiger partial charge in [0.2, 0.25) is 5.88 Å². The molecule has 1 aliphatic carbocycles. The third-order valence-corrected chi connectivity index (χ3v) is 4.24. The van der Waals surface area contributed by atoms with E-state index < -0.39 is 0 Å². The molecule has 1 heterocycles. The van der Waals surface area contributed by atoms with Crippen molar-refractivity contribution in [2.24, 2.45) is 10.9 Å². The number of rotatable bonds is 8. The van der Waals surface area contributed by atoms with Gasteiger partial charge in [-0.15, -0.1) is 24.0 Å². The van der Waals surface area contributed by atoms with Crippen LogP contribution in [-0.2, 0) is 13.0 Å². The van der Waals surface area contributed by atoms with Gasteiger partial charge in [0.25, 0.3) is 0 Å². The minimum Gasteiger partial charge on any atom is -0.477 e. The number of guanidine groups is 1. The lowest BCUT2D eigenvalue weighted by molar-refractivity contribution is 0.288. The predicted octanol–water partition coefficient (Wildman–Crippen LogP) is 3.54. The average molecular weight is 484 g/mol. The van der Waals surface area contributed by atoms with Gasteiger partial charge in [0, 0.05) is 32.4 Å². The Balaban J connectivity index is 0.00000261. The van der Waals surface area contributed by atoms with Gasteiger partial charge >= 0.3 is 0 Å². The highest BCUT2D eigenvalue weighted by atomic mass is 127. The third-order valence-electron chi connectivity index (χ3n) is 4.24. The van der Waals surface area contributed by atoms with E-state index in [4.69, 9.17) is 4.74 Å². The highest BCUT2D eigenvalue weighted by Gasteiger charge is 2.22. The fraction of sp³-hybridized carbons (Fsp3) is 0.400. The molecule has 3 rings (SSSR count). The Bertz CT molecular complexity index is 752. The highest BCUT2D eigenvalue weighted by molar-refractivity contribution is 14.0.